The highest BCUT2D eigenvalue weighted by Gasteiger charge is 2.17. The lowest BCUT2D eigenvalue weighted by Crippen LogP contribution is -2.11. The monoisotopic (exact) mass is 288 g/mol. The maximum Gasteiger partial charge on any atom is 0.312 e. The van der Waals surface area contributed by atoms with E-state index in [4.69, 9.17) is 4.74 Å². The number of rotatable bonds is 5. The largest absolute Gasteiger partial charge is 0.490 e. The Morgan fingerprint density at radius 3 is 2.67 bits per heavy atom. The smallest absolute Gasteiger partial charge is 0.312 e. The van der Waals surface area contributed by atoms with Crippen LogP contribution in [-0.4, -0.2) is 22.0 Å². The standard InChI is InChI=1S/C14H16N4O3/c1-9-14(16-7-6-15-9)10(2)17-11-4-5-13(21-3)12(8-11)18(19)20/h4-8,10,17H,1-3H3. The molecule has 0 fully saturated rings. The number of hydrogen-bond donors (Lipinski definition) is 1. The van der Waals surface area contributed by atoms with E-state index in [0.29, 0.717) is 5.69 Å². The maximum absolute atomic E-state index is 11.0. The summed E-state index contributed by atoms with van der Waals surface area (Å²) < 4.78 is 4.98. The quantitative estimate of drug-likeness (QED) is 0.672. The fraction of sp³-hybridized carbons (Fsp3) is 0.286. The lowest BCUT2D eigenvalue weighted by Gasteiger charge is -2.16. The van der Waals surface area contributed by atoms with Crippen LogP contribution in [0.15, 0.2) is 30.6 Å². The topological polar surface area (TPSA) is 90.2 Å². The van der Waals surface area contributed by atoms with Crippen LogP contribution in [0.25, 0.3) is 0 Å². The number of nitro groups is 1. The molecule has 0 radical (unpaired) electrons. The van der Waals surface area contributed by atoms with Gasteiger partial charge in [0, 0.05) is 24.1 Å². The first-order valence-corrected chi connectivity index (χ1v) is 6.39. The van der Waals surface area contributed by atoms with Crippen LogP contribution in [-0.2, 0) is 0 Å². The van der Waals surface area contributed by atoms with E-state index in [0.717, 1.165) is 11.4 Å². The third kappa shape index (κ3) is 3.25. The molecule has 1 aromatic heterocycles. The van der Waals surface area contributed by atoms with Gasteiger partial charge in [-0.05, 0) is 26.0 Å². The van der Waals surface area contributed by atoms with E-state index in [-0.39, 0.29) is 17.5 Å². The van der Waals surface area contributed by atoms with Crippen molar-refractivity contribution in [2.75, 3.05) is 12.4 Å². The third-order valence-corrected chi connectivity index (χ3v) is 3.09. The van der Waals surface area contributed by atoms with Gasteiger partial charge in [0.2, 0.25) is 0 Å². The Labute approximate surface area is 122 Å². The van der Waals surface area contributed by atoms with Crippen molar-refractivity contribution in [2.45, 2.75) is 19.9 Å². The highest BCUT2D eigenvalue weighted by Crippen LogP contribution is 2.31. The fourth-order valence-corrected chi connectivity index (χ4v) is 2.08. The molecule has 0 amide bonds. The van der Waals surface area contributed by atoms with Crippen LogP contribution in [0.3, 0.4) is 0 Å². The number of hydrogen-bond acceptors (Lipinski definition) is 6. The molecular formula is C14H16N4O3. The molecule has 2 aromatic rings. The number of benzene rings is 1. The van der Waals surface area contributed by atoms with Crippen LogP contribution in [0.5, 0.6) is 5.75 Å². The zero-order valence-corrected chi connectivity index (χ0v) is 12.0. The van der Waals surface area contributed by atoms with Gasteiger partial charge in [0.05, 0.1) is 29.5 Å². The van der Waals surface area contributed by atoms with E-state index < -0.39 is 4.92 Å². The van der Waals surface area contributed by atoms with Crippen molar-refractivity contribution < 1.29 is 9.66 Å². The van der Waals surface area contributed by atoms with Gasteiger partial charge < -0.3 is 10.1 Å². The number of nitrogens with zero attached hydrogens (tertiary/aromatic N) is 3. The van der Waals surface area contributed by atoms with Gasteiger partial charge in [0.1, 0.15) is 0 Å². The molecule has 7 nitrogen and oxygen atoms in total. The highest BCUT2D eigenvalue weighted by molar-refractivity contribution is 5.59. The molecular weight excluding hydrogens is 272 g/mol. The summed E-state index contributed by atoms with van der Waals surface area (Å²) >= 11 is 0. The summed E-state index contributed by atoms with van der Waals surface area (Å²) in [4.78, 5) is 19.0. The molecule has 7 heteroatoms. The molecule has 0 aliphatic carbocycles. The van der Waals surface area contributed by atoms with Crippen LogP contribution >= 0.6 is 0 Å². The molecule has 0 saturated carbocycles. The predicted octanol–water partition coefficient (Wildman–Crippen LogP) is 2.87. The SMILES string of the molecule is COc1ccc(NC(C)c2nccnc2C)cc1[N+](=O)[O-]. The van der Waals surface area contributed by atoms with Crippen LogP contribution in [0.1, 0.15) is 24.4 Å². The summed E-state index contributed by atoms with van der Waals surface area (Å²) in [5.41, 5.74) is 2.17. The van der Waals surface area contributed by atoms with Crippen LogP contribution < -0.4 is 10.1 Å². The summed E-state index contributed by atoms with van der Waals surface area (Å²) in [7, 11) is 1.40. The number of nitro benzene ring substituents is 1. The molecule has 0 aliphatic rings. The predicted molar refractivity (Wildman–Crippen MR) is 78.5 cm³/mol. The Morgan fingerprint density at radius 2 is 2.05 bits per heavy atom. The van der Waals surface area contributed by atoms with Gasteiger partial charge in [0.15, 0.2) is 5.75 Å². The van der Waals surface area contributed by atoms with Gasteiger partial charge >= 0.3 is 5.69 Å². The second-order valence-corrected chi connectivity index (χ2v) is 4.54. The van der Waals surface area contributed by atoms with E-state index in [1.807, 2.05) is 13.8 Å². The zero-order chi connectivity index (χ0) is 15.4. The number of aryl methyl sites for hydroxylation is 1. The van der Waals surface area contributed by atoms with Crippen LogP contribution in [0.2, 0.25) is 0 Å². The van der Waals surface area contributed by atoms with Gasteiger partial charge in [-0.3, -0.25) is 20.1 Å². The van der Waals surface area contributed by atoms with Crippen molar-refractivity contribution >= 4 is 11.4 Å². The van der Waals surface area contributed by atoms with Gasteiger partial charge in [-0.15, -0.1) is 0 Å². The molecule has 110 valence electrons. The number of aromatic nitrogens is 2. The molecule has 1 aromatic carbocycles. The second kappa shape index (κ2) is 6.17. The van der Waals surface area contributed by atoms with Crippen molar-refractivity contribution in [1.29, 1.82) is 0 Å². The van der Waals surface area contributed by atoms with Crippen LogP contribution in [0, 0.1) is 17.0 Å². The number of ether oxygens (including phenoxy) is 1. The average Bonchev–Trinajstić information content (AvgIpc) is 2.47. The third-order valence-electron chi connectivity index (χ3n) is 3.09. The van der Waals surface area contributed by atoms with Crippen molar-refractivity contribution in [3.05, 3.63) is 52.1 Å². The Morgan fingerprint density at radius 1 is 1.33 bits per heavy atom. The van der Waals surface area contributed by atoms with E-state index in [1.54, 1.807) is 24.5 Å². The maximum atomic E-state index is 11.0. The first-order valence-electron chi connectivity index (χ1n) is 6.39. The molecule has 0 aliphatic heterocycles. The lowest BCUT2D eigenvalue weighted by atomic mass is 10.1. The minimum atomic E-state index is -0.470. The number of nitrogens with one attached hydrogen (secondary N) is 1. The summed E-state index contributed by atoms with van der Waals surface area (Å²) in [5.74, 6) is 0.230. The molecule has 0 spiro atoms. The normalized spacial score (nSPS) is 11.8. The van der Waals surface area contributed by atoms with Crippen molar-refractivity contribution in [1.82, 2.24) is 9.97 Å². The second-order valence-electron chi connectivity index (χ2n) is 4.54. The summed E-state index contributed by atoms with van der Waals surface area (Å²) in [6, 6.07) is 4.62. The summed E-state index contributed by atoms with van der Waals surface area (Å²) in [5, 5.41) is 14.2. The lowest BCUT2D eigenvalue weighted by molar-refractivity contribution is -0.385. The Kier molecular flexibility index (Phi) is 4.32. The van der Waals surface area contributed by atoms with Gasteiger partial charge in [-0.25, -0.2) is 0 Å². The zero-order valence-electron chi connectivity index (χ0n) is 12.0. The number of methoxy groups -OCH3 is 1. The van der Waals surface area contributed by atoms with E-state index in [9.17, 15) is 10.1 Å². The van der Waals surface area contributed by atoms with Gasteiger partial charge in [0.25, 0.3) is 0 Å². The molecule has 1 N–H and O–H groups in total. The Bertz CT molecular complexity index is 660. The minimum absolute atomic E-state index is 0.0782. The Hall–Kier alpha value is -2.70. The first-order chi connectivity index (χ1) is 10.0. The van der Waals surface area contributed by atoms with Gasteiger partial charge in [-0.1, -0.05) is 0 Å². The van der Waals surface area contributed by atoms with E-state index >= 15 is 0 Å². The summed E-state index contributed by atoms with van der Waals surface area (Å²) in [6.45, 7) is 3.80. The van der Waals surface area contributed by atoms with Crippen molar-refractivity contribution in [2.24, 2.45) is 0 Å². The first kappa shape index (κ1) is 14.7. The molecule has 1 heterocycles. The molecule has 21 heavy (non-hydrogen) atoms. The van der Waals surface area contributed by atoms with E-state index in [1.165, 1.54) is 13.2 Å². The van der Waals surface area contributed by atoms with Gasteiger partial charge in [-0.2, -0.15) is 0 Å². The highest BCUT2D eigenvalue weighted by atomic mass is 16.6. The molecule has 1 atom stereocenters. The molecule has 0 saturated heterocycles. The van der Waals surface area contributed by atoms with Crippen molar-refractivity contribution in [3.63, 3.8) is 0 Å². The Balaban J connectivity index is 2.26. The fourth-order valence-electron chi connectivity index (χ4n) is 2.08. The van der Waals surface area contributed by atoms with Crippen molar-refractivity contribution in [3.8, 4) is 5.75 Å². The molecule has 0 bridgehead atoms. The number of anilines is 1. The molecule has 2 rings (SSSR count). The molecule has 1 unspecified atom stereocenters. The van der Waals surface area contributed by atoms with Crippen LogP contribution in [0.4, 0.5) is 11.4 Å². The average molecular weight is 288 g/mol. The van der Waals surface area contributed by atoms with E-state index in [2.05, 4.69) is 15.3 Å². The summed E-state index contributed by atoms with van der Waals surface area (Å²) in [6.07, 6.45) is 3.25. The minimum Gasteiger partial charge on any atom is -0.490 e.